The lowest BCUT2D eigenvalue weighted by Gasteiger charge is -2.45. The monoisotopic (exact) mass is 305 g/mol. The summed E-state index contributed by atoms with van der Waals surface area (Å²) < 4.78 is 18.8. The van der Waals surface area contributed by atoms with Crippen molar-refractivity contribution in [3.8, 4) is 0 Å². The standard InChI is InChI=1S/C17H20FNO3/c1-22-17(21)16-14-7-6-11(10-19(14)9-8-15(16)20)12-4-2-3-5-13(12)18/h2-5,11,14,16H,6-10H2,1H3/t11-,14+,16+/m1/s1. The highest BCUT2D eigenvalue weighted by molar-refractivity contribution is 6.00. The molecule has 0 bridgehead atoms. The number of methoxy groups -OCH3 is 1. The number of esters is 1. The topological polar surface area (TPSA) is 46.6 Å². The number of ether oxygens (including phenoxy) is 1. The van der Waals surface area contributed by atoms with E-state index in [1.54, 1.807) is 6.07 Å². The maximum atomic E-state index is 14.0. The van der Waals surface area contributed by atoms with Crippen LogP contribution in [-0.4, -0.2) is 42.9 Å². The Morgan fingerprint density at radius 2 is 2.09 bits per heavy atom. The third-order valence-electron chi connectivity index (χ3n) is 4.91. The minimum atomic E-state index is -0.680. The molecule has 0 aliphatic carbocycles. The molecule has 0 unspecified atom stereocenters. The molecule has 2 aliphatic rings. The van der Waals surface area contributed by atoms with Gasteiger partial charge in [-0.2, -0.15) is 0 Å². The molecule has 1 aromatic rings. The van der Waals surface area contributed by atoms with Crippen LogP contribution in [0.25, 0.3) is 0 Å². The predicted molar refractivity (Wildman–Crippen MR) is 78.9 cm³/mol. The summed E-state index contributed by atoms with van der Waals surface area (Å²) in [4.78, 5) is 26.1. The number of carbonyl (C=O) groups is 2. The molecule has 0 saturated carbocycles. The van der Waals surface area contributed by atoms with Gasteiger partial charge in [0.05, 0.1) is 7.11 Å². The van der Waals surface area contributed by atoms with Crippen LogP contribution in [0.3, 0.4) is 0 Å². The second kappa shape index (κ2) is 6.16. The van der Waals surface area contributed by atoms with Gasteiger partial charge in [-0.15, -0.1) is 0 Å². The first kappa shape index (κ1) is 15.2. The fraction of sp³-hybridized carbons (Fsp3) is 0.529. The van der Waals surface area contributed by atoms with Gasteiger partial charge in [0.1, 0.15) is 17.5 Å². The van der Waals surface area contributed by atoms with Crippen molar-refractivity contribution < 1.29 is 18.7 Å². The SMILES string of the molecule is COC(=O)[C@@H]1C(=O)CCN2C[C@H](c3ccccc3F)CC[C@@H]12. The predicted octanol–water partition coefficient (Wildman–Crippen LogP) is 2.14. The Morgan fingerprint density at radius 3 is 2.82 bits per heavy atom. The molecule has 0 amide bonds. The van der Waals surface area contributed by atoms with Gasteiger partial charge in [-0.1, -0.05) is 18.2 Å². The molecule has 2 heterocycles. The molecule has 0 spiro atoms. The van der Waals surface area contributed by atoms with Crippen molar-refractivity contribution in [1.29, 1.82) is 0 Å². The largest absolute Gasteiger partial charge is 0.468 e. The number of benzene rings is 1. The third kappa shape index (κ3) is 2.65. The highest BCUT2D eigenvalue weighted by Crippen LogP contribution is 2.36. The van der Waals surface area contributed by atoms with Gasteiger partial charge in [0.2, 0.25) is 0 Å². The number of hydrogen-bond acceptors (Lipinski definition) is 4. The van der Waals surface area contributed by atoms with Crippen LogP contribution < -0.4 is 0 Å². The maximum absolute atomic E-state index is 14.0. The Hall–Kier alpha value is -1.75. The quantitative estimate of drug-likeness (QED) is 0.620. The van der Waals surface area contributed by atoms with E-state index in [-0.39, 0.29) is 23.6 Å². The first-order chi connectivity index (χ1) is 10.6. The first-order valence-electron chi connectivity index (χ1n) is 7.71. The van der Waals surface area contributed by atoms with E-state index in [0.29, 0.717) is 25.9 Å². The molecule has 0 radical (unpaired) electrons. The van der Waals surface area contributed by atoms with Crippen molar-refractivity contribution in [1.82, 2.24) is 4.90 Å². The van der Waals surface area contributed by atoms with Crippen molar-refractivity contribution >= 4 is 11.8 Å². The number of hydrogen-bond donors (Lipinski definition) is 0. The molecule has 2 saturated heterocycles. The van der Waals surface area contributed by atoms with E-state index in [4.69, 9.17) is 4.74 Å². The van der Waals surface area contributed by atoms with Crippen molar-refractivity contribution in [3.63, 3.8) is 0 Å². The van der Waals surface area contributed by atoms with Crippen molar-refractivity contribution in [2.75, 3.05) is 20.2 Å². The summed E-state index contributed by atoms with van der Waals surface area (Å²) >= 11 is 0. The molecule has 1 aromatic carbocycles. The third-order valence-corrected chi connectivity index (χ3v) is 4.91. The molecule has 2 fully saturated rings. The van der Waals surface area contributed by atoms with Crippen LogP contribution in [0.2, 0.25) is 0 Å². The van der Waals surface area contributed by atoms with Crippen LogP contribution in [0.15, 0.2) is 24.3 Å². The van der Waals surface area contributed by atoms with Gasteiger partial charge < -0.3 is 4.74 Å². The van der Waals surface area contributed by atoms with Gasteiger partial charge in [0, 0.05) is 25.6 Å². The van der Waals surface area contributed by atoms with Gasteiger partial charge in [-0.05, 0) is 30.4 Å². The summed E-state index contributed by atoms with van der Waals surface area (Å²) in [6.07, 6.45) is 1.85. The van der Waals surface area contributed by atoms with Crippen molar-refractivity contribution in [3.05, 3.63) is 35.6 Å². The molecule has 3 atom stereocenters. The second-order valence-corrected chi connectivity index (χ2v) is 6.08. The van der Waals surface area contributed by atoms with E-state index in [2.05, 4.69) is 4.90 Å². The average Bonchev–Trinajstić information content (AvgIpc) is 2.54. The molecule has 4 nitrogen and oxygen atoms in total. The highest BCUT2D eigenvalue weighted by atomic mass is 19.1. The fourth-order valence-electron chi connectivity index (χ4n) is 3.80. The maximum Gasteiger partial charge on any atom is 0.317 e. The van der Waals surface area contributed by atoms with Crippen LogP contribution >= 0.6 is 0 Å². The summed E-state index contributed by atoms with van der Waals surface area (Å²) in [6.45, 7) is 1.33. The molecule has 0 aromatic heterocycles. The zero-order valence-corrected chi connectivity index (χ0v) is 12.6. The molecule has 2 aliphatic heterocycles. The number of piperidine rings is 2. The van der Waals surface area contributed by atoms with E-state index in [9.17, 15) is 14.0 Å². The minimum Gasteiger partial charge on any atom is -0.468 e. The van der Waals surface area contributed by atoms with Crippen LogP contribution in [0.1, 0.15) is 30.7 Å². The van der Waals surface area contributed by atoms with Crippen molar-refractivity contribution in [2.45, 2.75) is 31.2 Å². The molecule has 0 N–H and O–H groups in total. The van der Waals surface area contributed by atoms with E-state index < -0.39 is 11.9 Å². The summed E-state index contributed by atoms with van der Waals surface area (Å²) in [6, 6.07) is 6.75. The summed E-state index contributed by atoms with van der Waals surface area (Å²) in [5.41, 5.74) is 0.729. The minimum absolute atomic E-state index is 0.0301. The molecule has 22 heavy (non-hydrogen) atoms. The van der Waals surface area contributed by atoms with Crippen LogP contribution in [-0.2, 0) is 14.3 Å². The molecular formula is C17H20FNO3. The summed E-state index contributed by atoms with van der Waals surface area (Å²) in [5, 5.41) is 0. The second-order valence-electron chi connectivity index (χ2n) is 6.08. The van der Waals surface area contributed by atoms with E-state index in [0.717, 1.165) is 12.0 Å². The molecule has 3 rings (SSSR count). The lowest BCUT2D eigenvalue weighted by Crippen LogP contribution is -2.55. The van der Waals surface area contributed by atoms with Crippen LogP contribution in [0.4, 0.5) is 4.39 Å². The lowest BCUT2D eigenvalue weighted by molar-refractivity contribution is -0.156. The number of carbonyl (C=O) groups excluding carboxylic acids is 2. The van der Waals surface area contributed by atoms with E-state index in [1.165, 1.54) is 13.2 Å². The van der Waals surface area contributed by atoms with Gasteiger partial charge in [-0.25, -0.2) is 4.39 Å². The summed E-state index contributed by atoms with van der Waals surface area (Å²) in [5.74, 6) is -1.21. The van der Waals surface area contributed by atoms with Crippen LogP contribution in [0, 0.1) is 11.7 Å². The first-order valence-corrected chi connectivity index (χ1v) is 7.71. The number of rotatable bonds is 2. The van der Waals surface area contributed by atoms with Crippen molar-refractivity contribution in [2.24, 2.45) is 5.92 Å². The number of ketones is 1. The smallest absolute Gasteiger partial charge is 0.317 e. The Balaban J connectivity index is 1.78. The van der Waals surface area contributed by atoms with Gasteiger partial charge in [0.25, 0.3) is 0 Å². The lowest BCUT2D eigenvalue weighted by atomic mass is 9.78. The normalized spacial score (nSPS) is 29.0. The van der Waals surface area contributed by atoms with E-state index >= 15 is 0 Å². The van der Waals surface area contributed by atoms with E-state index in [1.807, 2.05) is 12.1 Å². The Bertz CT molecular complexity index is 581. The molecule has 118 valence electrons. The van der Waals surface area contributed by atoms with Gasteiger partial charge in [-0.3, -0.25) is 14.5 Å². The number of Topliss-reactive ketones (excluding diaryl/α,β-unsaturated/α-hetero) is 1. The number of halogens is 1. The number of nitrogens with zero attached hydrogens (tertiary/aromatic N) is 1. The number of fused-ring (bicyclic) bond motifs is 1. The summed E-state index contributed by atoms with van der Waals surface area (Å²) in [7, 11) is 1.32. The van der Waals surface area contributed by atoms with Gasteiger partial charge in [0.15, 0.2) is 0 Å². The molecular weight excluding hydrogens is 285 g/mol. The highest BCUT2D eigenvalue weighted by Gasteiger charge is 2.45. The Kier molecular flexibility index (Phi) is 4.25. The zero-order valence-electron chi connectivity index (χ0n) is 12.6. The Labute approximate surface area is 129 Å². The fourth-order valence-corrected chi connectivity index (χ4v) is 3.80. The Morgan fingerprint density at radius 1 is 1.32 bits per heavy atom. The average molecular weight is 305 g/mol. The van der Waals surface area contributed by atoms with Crippen LogP contribution in [0.5, 0.6) is 0 Å². The zero-order chi connectivity index (χ0) is 15.7. The van der Waals surface area contributed by atoms with Gasteiger partial charge >= 0.3 is 5.97 Å². The molecule has 5 heteroatoms.